The fourth-order valence-corrected chi connectivity index (χ4v) is 2.02. The van der Waals surface area contributed by atoms with Gasteiger partial charge in [-0.15, -0.1) is 0 Å². The third kappa shape index (κ3) is 2.12. The van der Waals surface area contributed by atoms with E-state index in [0.29, 0.717) is 17.3 Å². The summed E-state index contributed by atoms with van der Waals surface area (Å²) < 4.78 is 5.74. The first-order valence-electron chi connectivity index (χ1n) is 6.10. The maximum atomic E-state index is 5.74. The Morgan fingerprint density at radius 2 is 2.00 bits per heavy atom. The largest absolute Gasteiger partial charge is 0.423 e. The second kappa shape index (κ2) is 4.31. The normalized spacial score (nSPS) is 10.8. The first-order valence-corrected chi connectivity index (χ1v) is 6.10. The van der Waals surface area contributed by atoms with Crippen molar-refractivity contribution >= 4 is 28.5 Å². The van der Waals surface area contributed by atoms with Crippen molar-refractivity contribution in [1.82, 2.24) is 4.98 Å². The zero-order valence-electron chi connectivity index (χ0n) is 10.9. The third-order valence-electron chi connectivity index (χ3n) is 3.08. The van der Waals surface area contributed by atoms with Crippen molar-refractivity contribution in [2.75, 3.05) is 17.7 Å². The average Bonchev–Trinajstić information content (AvgIpc) is 2.80. The lowest BCUT2D eigenvalue weighted by Gasteiger charge is -2.14. The van der Waals surface area contributed by atoms with Gasteiger partial charge in [-0.3, -0.25) is 4.90 Å². The van der Waals surface area contributed by atoms with Crippen LogP contribution in [0, 0.1) is 6.92 Å². The van der Waals surface area contributed by atoms with E-state index in [2.05, 4.69) is 24.0 Å². The number of hydrogen-bond acceptors (Lipinski definition) is 4. The van der Waals surface area contributed by atoms with E-state index in [4.69, 9.17) is 10.2 Å². The summed E-state index contributed by atoms with van der Waals surface area (Å²) in [7, 11) is 1.93. The molecular formula is C15H15N3O. The van der Waals surface area contributed by atoms with E-state index in [9.17, 15) is 0 Å². The van der Waals surface area contributed by atoms with E-state index in [0.717, 1.165) is 11.2 Å². The zero-order chi connectivity index (χ0) is 13.4. The van der Waals surface area contributed by atoms with Gasteiger partial charge in [0.2, 0.25) is 0 Å². The van der Waals surface area contributed by atoms with Gasteiger partial charge in [0.15, 0.2) is 5.58 Å². The van der Waals surface area contributed by atoms with Crippen LogP contribution in [0.5, 0.6) is 0 Å². The van der Waals surface area contributed by atoms with Crippen LogP contribution in [0.4, 0.5) is 17.4 Å². The molecule has 1 heterocycles. The van der Waals surface area contributed by atoms with Gasteiger partial charge in [-0.2, -0.15) is 4.98 Å². The van der Waals surface area contributed by atoms with Crippen LogP contribution in [-0.4, -0.2) is 12.0 Å². The third-order valence-corrected chi connectivity index (χ3v) is 3.08. The summed E-state index contributed by atoms with van der Waals surface area (Å²) in [6, 6.07) is 14.2. The highest BCUT2D eigenvalue weighted by molar-refractivity contribution is 5.79. The molecule has 0 bridgehead atoms. The van der Waals surface area contributed by atoms with E-state index >= 15 is 0 Å². The zero-order valence-corrected chi connectivity index (χ0v) is 10.9. The number of benzene rings is 2. The Hall–Kier alpha value is -2.49. The molecule has 2 N–H and O–H groups in total. The van der Waals surface area contributed by atoms with Crippen molar-refractivity contribution < 1.29 is 4.42 Å². The molecule has 0 aliphatic rings. The molecule has 0 saturated heterocycles. The molecule has 19 heavy (non-hydrogen) atoms. The van der Waals surface area contributed by atoms with E-state index in [1.165, 1.54) is 5.56 Å². The predicted molar refractivity (Wildman–Crippen MR) is 77.7 cm³/mol. The quantitative estimate of drug-likeness (QED) is 0.710. The number of hydrogen-bond donors (Lipinski definition) is 1. The highest BCUT2D eigenvalue weighted by Gasteiger charge is 2.12. The minimum atomic E-state index is 0.561. The molecular weight excluding hydrogens is 238 g/mol. The molecule has 0 saturated carbocycles. The highest BCUT2D eigenvalue weighted by Crippen LogP contribution is 2.28. The standard InChI is InChI=1S/C15H15N3O/c1-10-4-3-5-12(8-10)18(2)15-17-13-7-6-11(16)9-14(13)19-15/h3-9H,16H2,1-2H3. The van der Waals surface area contributed by atoms with Gasteiger partial charge >= 0.3 is 6.01 Å². The van der Waals surface area contributed by atoms with Gasteiger partial charge in [-0.05, 0) is 36.8 Å². The minimum Gasteiger partial charge on any atom is -0.423 e. The maximum Gasteiger partial charge on any atom is 0.302 e. The Kier molecular flexibility index (Phi) is 2.63. The van der Waals surface area contributed by atoms with Crippen LogP contribution in [-0.2, 0) is 0 Å². The molecule has 1 aromatic heterocycles. The number of aromatic nitrogens is 1. The molecule has 4 nitrogen and oxygen atoms in total. The van der Waals surface area contributed by atoms with Crippen LogP contribution < -0.4 is 10.6 Å². The molecule has 0 amide bonds. The van der Waals surface area contributed by atoms with E-state index in [1.54, 1.807) is 6.07 Å². The lowest BCUT2D eigenvalue weighted by molar-refractivity contribution is 0.603. The number of nitrogens with two attached hydrogens (primary N) is 1. The Balaban J connectivity index is 2.04. The number of oxazole rings is 1. The number of anilines is 3. The van der Waals surface area contributed by atoms with Gasteiger partial charge < -0.3 is 10.2 Å². The van der Waals surface area contributed by atoms with E-state index < -0.39 is 0 Å². The van der Waals surface area contributed by atoms with Crippen molar-refractivity contribution in [3.63, 3.8) is 0 Å². The van der Waals surface area contributed by atoms with Crippen molar-refractivity contribution in [3.05, 3.63) is 48.0 Å². The topological polar surface area (TPSA) is 55.3 Å². The SMILES string of the molecule is Cc1cccc(N(C)c2nc3ccc(N)cc3o2)c1. The molecule has 0 spiro atoms. The molecule has 2 aromatic carbocycles. The molecule has 0 fully saturated rings. The van der Waals surface area contributed by atoms with Crippen LogP contribution in [0.3, 0.4) is 0 Å². The van der Waals surface area contributed by atoms with Crippen LogP contribution in [0.1, 0.15) is 5.56 Å². The molecule has 0 radical (unpaired) electrons. The lowest BCUT2D eigenvalue weighted by atomic mass is 10.2. The summed E-state index contributed by atoms with van der Waals surface area (Å²) in [5.74, 6) is 0. The number of rotatable bonds is 2. The first-order chi connectivity index (χ1) is 9.13. The molecule has 0 atom stereocenters. The number of fused-ring (bicyclic) bond motifs is 1. The monoisotopic (exact) mass is 253 g/mol. The summed E-state index contributed by atoms with van der Waals surface area (Å²) in [6.07, 6.45) is 0. The Morgan fingerprint density at radius 3 is 2.79 bits per heavy atom. The molecule has 3 aromatic rings. The molecule has 3 rings (SSSR count). The lowest BCUT2D eigenvalue weighted by Crippen LogP contribution is -2.09. The van der Waals surface area contributed by atoms with Gasteiger partial charge in [0.25, 0.3) is 0 Å². The second-order valence-electron chi connectivity index (χ2n) is 4.62. The second-order valence-corrected chi connectivity index (χ2v) is 4.62. The van der Waals surface area contributed by atoms with Crippen molar-refractivity contribution in [3.8, 4) is 0 Å². The minimum absolute atomic E-state index is 0.561. The van der Waals surface area contributed by atoms with Gasteiger partial charge in [-0.1, -0.05) is 12.1 Å². The van der Waals surface area contributed by atoms with Crippen molar-refractivity contribution in [1.29, 1.82) is 0 Å². The summed E-state index contributed by atoms with van der Waals surface area (Å²) in [5.41, 5.74) is 10.2. The van der Waals surface area contributed by atoms with Crippen LogP contribution >= 0.6 is 0 Å². The summed E-state index contributed by atoms with van der Waals surface area (Å²) in [5, 5.41) is 0. The van der Waals surface area contributed by atoms with Crippen molar-refractivity contribution in [2.24, 2.45) is 0 Å². The summed E-state index contributed by atoms with van der Waals surface area (Å²) in [6.45, 7) is 2.06. The van der Waals surface area contributed by atoms with E-state index in [1.807, 2.05) is 36.2 Å². The average molecular weight is 253 g/mol. The van der Waals surface area contributed by atoms with Crippen LogP contribution in [0.25, 0.3) is 11.1 Å². The predicted octanol–water partition coefficient (Wildman–Crippen LogP) is 3.49. The number of nitrogen functional groups attached to an aromatic ring is 1. The van der Waals surface area contributed by atoms with E-state index in [-0.39, 0.29) is 0 Å². The van der Waals surface area contributed by atoms with Gasteiger partial charge in [0.05, 0.1) is 0 Å². The van der Waals surface area contributed by atoms with Crippen molar-refractivity contribution in [2.45, 2.75) is 6.92 Å². The number of nitrogens with zero attached hydrogens (tertiary/aromatic N) is 2. The summed E-state index contributed by atoms with van der Waals surface area (Å²) >= 11 is 0. The highest BCUT2D eigenvalue weighted by atomic mass is 16.4. The Labute approximate surface area is 111 Å². The molecule has 0 aliphatic carbocycles. The van der Waals surface area contributed by atoms with Crippen LogP contribution in [0.2, 0.25) is 0 Å². The molecule has 0 aliphatic heterocycles. The van der Waals surface area contributed by atoms with Gasteiger partial charge in [-0.25, -0.2) is 0 Å². The fraction of sp³-hybridized carbons (Fsp3) is 0.133. The van der Waals surface area contributed by atoms with Gasteiger partial charge in [0.1, 0.15) is 5.52 Å². The van der Waals surface area contributed by atoms with Crippen LogP contribution in [0.15, 0.2) is 46.9 Å². The molecule has 96 valence electrons. The number of aryl methyl sites for hydroxylation is 1. The maximum absolute atomic E-state index is 5.74. The fourth-order valence-electron chi connectivity index (χ4n) is 2.02. The Bertz CT molecular complexity index is 733. The molecule has 0 unspecified atom stereocenters. The Morgan fingerprint density at radius 1 is 1.16 bits per heavy atom. The first kappa shape index (κ1) is 11.6. The van der Waals surface area contributed by atoms with Gasteiger partial charge in [0, 0.05) is 24.5 Å². The smallest absolute Gasteiger partial charge is 0.302 e. The summed E-state index contributed by atoms with van der Waals surface area (Å²) in [4.78, 5) is 6.38. The molecule has 4 heteroatoms.